The molecule has 0 saturated heterocycles. The molecular weight excluding hydrogens is 144 g/mol. The van der Waals surface area contributed by atoms with Crippen molar-refractivity contribution in [1.82, 2.24) is 0 Å². The van der Waals surface area contributed by atoms with Gasteiger partial charge in [-0.3, -0.25) is 9.79 Å². The van der Waals surface area contributed by atoms with Gasteiger partial charge >= 0.3 is 0 Å². The molecule has 11 heavy (non-hydrogen) atoms. The molecule has 0 saturated carbocycles. The van der Waals surface area contributed by atoms with E-state index in [9.17, 15) is 4.79 Å². The van der Waals surface area contributed by atoms with E-state index in [2.05, 4.69) is 16.8 Å². The molecule has 60 valence electrons. The summed E-state index contributed by atoms with van der Waals surface area (Å²) in [4.78, 5) is 13.7. The normalized spacial score (nSPS) is 7.64. The highest BCUT2D eigenvalue weighted by Gasteiger charge is 1.81. The van der Waals surface area contributed by atoms with E-state index in [4.69, 9.17) is 17.2 Å². The molecule has 0 aliphatic carbocycles. The average Bonchev–Trinajstić information content (AvgIpc) is 1.85. The van der Waals surface area contributed by atoms with Gasteiger partial charge in [0, 0.05) is 6.42 Å². The lowest BCUT2D eigenvalue weighted by Crippen LogP contribution is -2.22. The van der Waals surface area contributed by atoms with Crippen molar-refractivity contribution in [2.45, 2.75) is 6.42 Å². The molecule has 5 heteroatoms. The molecule has 0 atom stereocenters. The fraction of sp³-hybridized carbons (Fsp3) is 0.333. The van der Waals surface area contributed by atoms with E-state index in [-0.39, 0.29) is 5.96 Å². The second-order valence-corrected chi connectivity index (χ2v) is 1.72. The van der Waals surface area contributed by atoms with E-state index < -0.39 is 5.91 Å². The maximum atomic E-state index is 10.1. The van der Waals surface area contributed by atoms with Gasteiger partial charge in [-0.25, -0.2) is 0 Å². The minimum atomic E-state index is -0.644. The van der Waals surface area contributed by atoms with Gasteiger partial charge in [-0.2, -0.15) is 0 Å². The molecule has 0 rings (SSSR count). The Morgan fingerprint density at radius 1 is 1.36 bits per heavy atom. The number of nitrogens with two attached hydrogens (primary N) is 3. The predicted octanol–water partition coefficient (Wildman–Crippen LogP) is -1.86. The van der Waals surface area contributed by atoms with Crippen LogP contribution in [-0.2, 0) is 4.79 Å². The van der Waals surface area contributed by atoms with Gasteiger partial charge in [0.2, 0.25) is 0 Å². The van der Waals surface area contributed by atoms with E-state index in [0.717, 1.165) is 0 Å². The van der Waals surface area contributed by atoms with Crippen LogP contribution >= 0.6 is 0 Å². The summed E-state index contributed by atoms with van der Waals surface area (Å²) >= 11 is 0. The van der Waals surface area contributed by atoms with E-state index in [1.807, 2.05) is 0 Å². The zero-order chi connectivity index (χ0) is 8.69. The third-order valence-corrected chi connectivity index (χ3v) is 0.743. The SMILES string of the molecule is NC(=O)C#CCCN=C(N)N. The predicted molar refractivity (Wildman–Crippen MR) is 42.3 cm³/mol. The molecule has 1 amide bonds. The Morgan fingerprint density at radius 2 is 2.00 bits per heavy atom. The van der Waals surface area contributed by atoms with Crippen LogP contribution in [0.25, 0.3) is 0 Å². The lowest BCUT2D eigenvalue weighted by molar-refractivity contribution is -0.112. The smallest absolute Gasteiger partial charge is 0.293 e. The summed E-state index contributed by atoms with van der Waals surface area (Å²) in [5, 5.41) is 0. The van der Waals surface area contributed by atoms with Crippen LogP contribution in [0, 0.1) is 11.8 Å². The van der Waals surface area contributed by atoms with Crippen molar-refractivity contribution in [2.24, 2.45) is 22.2 Å². The summed E-state index contributed by atoms with van der Waals surface area (Å²) in [5.41, 5.74) is 14.8. The zero-order valence-corrected chi connectivity index (χ0v) is 6.00. The highest BCUT2D eigenvalue weighted by Crippen LogP contribution is 1.75. The van der Waals surface area contributed by atoms with Gasteiger partial charge in [0.15, 0.2) is 5.96 Å². The maximum absolute atomic E-state index is 10.1. The third kappa shape index (κ3) is 8.30. The Hall–Kier alpha value is -1.70. The number of carbonyl (C=O) groups is 1. The molecule has 0 aromatic carbocycles. The zero-order valence-electron chi connectivity index (χ0n) is 6.00. The number of primary amides is 1. The number of carbonyl (C=O) groups excluding carboxylic acids is 1. The van der Waals surface area contributed by atoms with Crippen molar-refractivity contribution in [1.29, 1.82) is 0 Å². The van der Waals surface area contributed by atoms with Gasteiger partial charge in [-0.15, -0.1) is 0 Å². The summed E-state index contributed by atoms with van der Waals surface area (Å²) in [6.07, 6.45) is 0.431. The summed E-state index contributed by atoms with van der Waals surface area (Å²) in [7, 11) is 0. The van der Waals surface area contributed by atoms with Crippen LogP contribution in [0.15, 0.2) is 4.99 Å². The maximum Gasteiger partial charge on any atom is 0.293 e. The highest BCUT2D eigenvalue weighted by atomic mass is 16.1. The fourth-order valence-corrected chi connectivity index (χ4v) is 0.391. The van der Waals surface area contributed by atoms with Crippen LogP contribution in [-0.4, -0.2) is 18.4 Å². The minimum absolute atomic E-state index is 0.0193. The Morgan fingerprint density at radius 3 is 2.45 bits per heavy atom. The van der Waals surface area contributed by atoms with Crippen molar-refractivity contribution in [2.75, 3.05) is 6.54 Å². The first-order valence-corrected chi connectivity index (χ1v) is 2.96. The molecule has 0 fully saturated rings. The molecule has 0 unspecified atom stereocenters. The van der Waals surface area contributed by atoms with Crippen LogP contribution in [0.5, 0.6) is 0 Å². The Balaban J connectivity index is 3.53. The minimum Gasteiger partial charge on any atom is -0.370 e. The second kappa shape index (κ2) is 5.11. The Kier molecular flexibility index (Phi) is 4.32. The van der Waals surface area contributed by atoms with E-state index in [1.54, 1.807) is 0 Å². The Labute approximate surface area is 64.6 Å². The lowest BCUT2D eigenvalue weighted by atomic mass is 10.4. The van der Waals surface area contributed by atoms with Crippen molar-refractivity contribution >= 4 is 11.9 Å². The molecular formula is C6H10N4O. The Bertz CT molecular complexity index is 218. The van der Waals surface area contributed by atoms with Crippen LogP contribution in [0.2, 0.25) is 0 Å². The summed E-state index contributed by atoms with van der Waals surface area (Å²) in [5.74, 6) is 4.03. The molecule has 0 aromatic heterocycles. The van der Waals surface area contributed by atoms with Gasteiger partial charge in [0.05, 0.1) is 6.54 Å². The number of guanidine groups is 1. The van der Waals surface area contributed by atoms with Crippen molar-refractivity contribution in [3.8, 4) is 11.8 Å². The van der Waals surface area contributed by atoms with Crippen LogP contribution in [0.3, 0.4) is 0 Å². The van der Waals surface area contributed by atoms with Crippen molar-refractivity contribution < 1.29 is 4.79 Å². The summed E-state index contributed by atoms with van der Waals surface area (Å²) < 4.78 is 0. The number of nitrogens with zero attached hydrogens (tertiary/aromatic N) is 1. The molecule has 6 N–H and O–H groups in total. The van der Waals surface area contributed by atoms with Crippen molar-refractivity contribution in [3.05, 3.63) is 0 Å². The number of rotatable bonds is 2. The highest BCUT2D eigenvalue weighted by molar-refractivity contribution is 5.91. The van der Waals surface area contributed by atoms with Gasteiger partial charge < -0.3 is 17.2 Å². The van der Waals surface area contributed by atoms with Crippen LogP contribution in [0.4, 0.5) is 0 Å². The average molecular weight is 154 g/mol. The van der Waals surface area contributed by atoms with Gasteiger partial charge in [0.1, 0.15) is 0 Å². The first-order chi connectivity index (χ1) is 5.13. The van der Waals surface area contributed by atoms with Crippen LogP contribution in [0.1, 0.15) is 6.42 Å². The largest absolute Gasteiger partial charge is 0.370 e. The summed E-state index contributed by atoms with van der Waals surface area (Å²) in [6.45, 7) is 0.391. The van der Waals surface area contributed by atoms with E-state index in [1.165, 1.54) is 0 Å². The molecule has 0 heterocycles. The quantitative estimate of drug-likeness (QED) is 0.188. The molecule has 5 nitrogen and oxygen atoms in total. The first-order valence-electron chi connectivity index (χ1n) is 2.96. The molecule has 0 aliphatic rings. The van der Waals surface area contributed by atoms with Gasteiger partial charge in [0.25, 0.3) is 5.91 Å². The number of hydrogen-bond donors (Lipinski definition) is 3. The molecule has 0 spiro atoms. The number of aliphatic imine (C=N–C) groups is 1. The van der Waals surface area contributed by atoms with Gasteiger partial charge in [-0.1, -0.05) is 5.92 Å². The topological polar surface area (TPSA) is 107 Å². The van der Waals surface area contributed by atoms with Crippen LogP contribution < -0.4 is 17.2 Å². The van der Waals surface area contributed by atoms with Crippen molar-refractivity contribution in [3.63, 3.8) is 0 Å². The lowest BCUT2D eigenvalue weighted by Gasteiger charge is -1.87. The molecule has 0 radical (unpaired) electrons. The molecule has 0 bridgehead atoms. The first kappa shape index (κ1) is 9.30. The summed E-state index contributed by atoms with van der Waals surface area (Å²) in [6, 6.07) is 0. The number of hydrogen-bond acceptors (Lipinski definition) is 2. The molecule has 0 aromatic rings. The van der Waals surface area contributed by atoms with E-state index in [0.29, 0.717) is 13.0 Å². The van der Waals surface area contributed by atoms with Gasteiger partial charge in [-0.05, 0) is 5.92 Å². The third-order valence-electron chi connectivity index (χ3n) is 0.743. The van der Waals surface area contributed by atoms with E-state index >= 15 is 0 Å². The standard InChI is InChI=1S/C6H10N4O/c7-5(11)3-1-2-4-10-6(8)9/h2,4H2,(H2,7,11)(H4,8,9,10). The molecule has 0 aliphatic heterocycles. The monoisotopic (exact) mass is 154 g/mol. The second-order valence-electron chi connectivity index (χ2n) is 1.72. The number of amides is 1. The fourth-order valence-electron chi connectivity index (χ4n) is 0.391.